The van der Waals surface area contributed by atoms with Gasteiger partial charge in [-0.15, -0.1) is 11.8 Å². The number of nitrogens with zero attached hydrogens (tertiary/aromatic N) is 1. The summed E-state index contributed by atoms with van der Waals surface area (Å²) in [6.07, 6.45) is -4.59. The molecule has 1 amide bonds. The molecule has 112 valence electrons. The number of Topliss-reactive ketones (excluding diaryl/α,β-unsaturated/α-hetero) is 1. The fourth-order valence-corrected chi connectivity index (χ4v) is 2.96. The van der Waals surface area contributed by atoms with Crippen LogP contribution in [0.2, 0.25) is 0 Å². The maximum absolute atomic E-state index is 12.6. The zero-order valence-electron chi connectivity index (χ0n) is 10.7. The summed E-state index contributed by atoms with van der Waals surface area (Å²) in [5.74, 6) is -4.45. The molecule has 0 spiro atoms. The van der Waals surface area contributed by atoms with Crippen LogP contribution < -0.4 is 0 Å². The van der Waals surface area contributed by atoms with Gasteiger partial charge in [-0.2, -0.15) is 13.2 Å². The van der Waals surface area contributed by atoms with Gasteiger partial charge in [-0.3, -0.25) is 14.4 Å². The van der Waals surface area contributed by atoms with Crippen molar-refractivity contribution in [2.24, 2.45) is 0 Å². The van der Waals surface area contributed by atoms with E-state index >= 15 is 0 Å². The van der Waals surface area contributed by atoms with Gasteiger partial charge in [0.25, 0.3) is 11.7 Å². The van der Waals surface area contributed by atoms with Crippen molar-refractivity contribution < 1.29 is 32.7 Å². The van der Waals surface area contributed by atoms with Crippen molar-refractivity contribution in [2.75, 3.05) is 12.8 Å². The van der Waals surface area contributed by atoms with Crippen LogP contribution in [0.25, 0.3) is 0 Å². The normalized spacial score (nSPS) is 19.8. The van der Waals surface area contributed by atoms with E-state index in [0.29, 0.717) is 0 Å². The monoisotopic (exact) mass is 311 g/mol. The average molecular weight is 311 g/mol. The van der Waals surface area contributed by atoms with E-state index in [9.17, 15) is 27.6 Å². The predicted molar refractivity (Wildman–Crippen MR) is 65.0 cm³/mol. The molecule has 1 N–H and O–H groups in total. The van der Waals surface area contributed by atoms with Gasteiger partial charge in [0.2, 0.25) is 0 Å². The zero-order valence-corrected chi connectivity index (χ0v) is 11.5. The van der Waals surface area contributed by atoms with Crippen LogP contribution >= 0.6 is 11.8 Å². The van der Waals surface area contributed by atoms with Crippen molar-refractivity contribution in [3.63, 3.8) is 0 Å². The van der Waals surface area contributed by atoms with Crippen molar-refractivity contribution in [1.29, 1.82) is 0 Å². The van der Waals surface area contributed by atoms with Crippen LogP contribution in [0, 0.1) is 0 Å². The van der Waals surface area contributed by atoms with Crippen molar-refractivity contribution in [2.45, 2.75) is 24.9 Å². The number of carbonyl (C=O) groups excluding carboxylic acids is 2. The molecule has 1 aliphatic heterocycles. The van der Waals surface area contributed by atoms with E-state index < -0.39 is 46.8 Å². The first-order chi connectivity index (χ1) is 9.15. The lowest BCUT2D eigenvalue weighted by Gasteiger charge is -2.23. The summed E-state index contributed by atoms with van der Waals surface area (Å²) in [6.45, 7) is 1.63. The van der Waals surface area contributed by atoms with Crippen molar-refractivity contribution in [3.8, 4) is 0 Å². The lowest BCUT2D eigenvalue weighted by Crippen LogP contribution is -2.36. The van der Waals surface area contributed by atoms with Crippen LogP contribution in [0.15, 0.2) is 11.1 Å². The van der Waals surface area contributed by atoms with Crippen LogP contribution in [0.3, 0.4) is 0 Å². The molecule has 0 bridgehead atoms. The highest BCUT2D eigenvalue weighted by atomic mass is 32.2. The minimum absolute atomic E-state index is 0.0854. The Hall–Kier alpha value is -1.51. The molecule has 0 saturated heterocycles. The van der Waals surface area contributed by atoms with Crippen molar-refractivity contribution >= 4 is 29.4 Å². The van der Waals surface area contributed by atoms with Gasteiger partial charge in [-0.1, -0.05) is 0 Å². The first kappa shape index (κ1) is 16.5. The molecule has 1 atom stereocenters. The predicted octanol–water partition coefficient (Wildman–Crippen LogP) is 1.44. The third kappa shape index (κ3) is 2.97. The van der Waals surface area contributed by atoms with Crippen LogP contribution in [0.5, 0.6) is 0 Å². The Bertz CT molecular complexity index is 487. The summed E-state index contributed by atoms with van der Waals surface area (Å²) >= 11 is 0.886. The standard InChI is InChI=1S/C11H12F3NO4S/c1-3-15-9(19)5(4-6(16)17)7(10(15)20-2)8(18)11(12,13)14/h10H,3-4H2,1-2H3,(H,16,17). The smallest absolute Gasteiger partial charge is 0.454 e. The minimum Gasteiger partial charge on any atom is -0.481 e. The molecule has 0 aromatic rings. The first-order valence-electron chi connectivity index (χ1n) is 5.55. The number of carbonyl (C=O) groups is 3. The molecule has 0 aromatic carbocycles. The number of ketones is 1. The number of carboxylic acids is 1. The molecule has 1 unspecified atom stereocenters. The first-order valence-corrected chi connectivity index (χ1v) is 6.84. The third-order valence-electron chi connectivity index (χ3n) is 2.77. The minimum atomic E-state index is -5.14. The van der Waals surface area contributed by atoms with Gasteiger partial charge in [-0.25, -0.2) is 0 Å². The second-order valence-electron chi connectivity index (χ2n) is 3.97. The van der Waals surface area contributed by atoms with Crippen LogP contribution in [0.1, 0.15) is 13.3 Å². The van der Waals surface area contributed by atoms with E-state index in [0.717, 1.165) is 16.7 Å². The SMILES string of the molecule is CCN1C(=O)C(CC(=O)O)=C(C(=O)C(F)(F)F)C1SC. The lowest BCUT2D eigenvalue weighted by molar-refractivity contribution is -0.166. The number of likely N-dealkylation sites (N-methyl/N-ethyl adjacent to an activating group) is 1. The fraction of sp³-hybridized carbons (Fsp3) is 0.545. The number of alkyl halides is 3. The van der Waals surface area contributed by atoms with E-state index in [1.165, 1.54) is 6.26 Å². The molecule has 0 aliphatic carbocycles. The van der Waals surface area contributed by atoms with Gasteiger partial charge in [0, 0.05) is 17.7 Å². The second-order valence-corrected chi connectivity index (χ2v) is 4.89. The van der Waals surface area contributed by atoms with E-state index in [4.69, 9.17) is 5.11 Å². The van der Waals surface area contributed by atoms with Gasteiger partial charge in [0.15, 0.2) is 0 Å². The van der Waals surface area contributed by atoms with E-state index in [1.807, 2.05) is 0 Å². The molecular formula is C11H12F3NO4S. The Morgan fingerprint density at radius 1 is 1.40 bits per heavy atom. The third-order valence-corrected chi connectivity index (χ3v) is 3.70. The Balaban J connectivity index is 3.39. The Labute approximate surface area is 116 Å². The molecule has 20 heavy (non-hydrogen) atoms. The summed E-state index contributed by atoms with van der Waals surface area (Å²) in [4.78, 5) is 35.2. The molecule has 0 fully saturated rings. The summed E-state index contributed by atoms with van der Waals surface area (Å²) in [5.41, 5.74) is -1.35. The van der Waals surface area contributed by atoms with Crippen LogP contribution in [0.4, 0.5) is 13.2 Å². The number of thioether (sulfide) groups is 1. The molecular weight excluding hydrogens is 299 g/mol. The molecule has 9 heteroatoms. The average Bonchev–Trinajstić information content (AvgIpc) is 2.59. The summed E-state index contributed by atoms with van der Waals surface area (Å²) in [6, 6.07) is 0. The molecule has 5 nitrogen and oxygen atoms in total. The number of rotatable bonds is 5. The highest BCUT2D eigenvalue weighted by molar-refractivity contribution is 7.99. The summed E-state index contributed by atoms with van der Waals surface area (Å²) in [5, 5.41) is 7.61. The van der Waals surface area contributed by atoms with Crippen molar-refractivity contribution in [3.05, 3.63) is 11.1 Å². The number of hydrogen-bond acceptors (Lipinski definition) is 4. The quantitative estimate of drug-likeness (QED) is 0.831. The van der Waals surface area contributed by atoms with Crippen LogP contribution in [-0.4, -0.2) is 52.0 Å². The number of amides is 1. The topological polar surface area (TPSA) is 74.7 Å². The highest BCUT2D eigenvalue weighted by Crippen LogP contribution is 2.37. The van der Waals surface area contributed by atoms with Gasteiger partial charge in [-0.05, 0) is 13.2 Å². The van der Waals surface area contributed by atoms with Crippen LogP contribution in [-0.2, 0) is 14.4 Å². The number of aliphatic carboxylic acids is 1. The number of carboxylic acid groups (broad SMARTS) is 1. The maximum Gasteiger partial charge on any atom is 0.454 e. The summed E-state index contributed by atoms with van der Waals surface area (Å²) in [7, 11) is 0. The second kappa shape index (κ2) is 5.86. The van der Waals surface area contributed by atoms with E-state index in [-0.39, 0.29) is 6.54 Å². The number of halogens is 3. The van der Waals surface area contributed by atoms with E-state index in [1.54, 1.807) is 6.92 Å². The Morgan fingerprint density at radius 2 is 1.95 bits per heavy atom. The summed E-state index contributed by atoms with van der Waals surface area (Å²) < 4.78 is 37.8. The van der Waals surface area contributed by atoms with Gasteiger partial charge >= 0.3 is 12.1 Å². The van der Waals surface area contributed by atoms with Gasteiger partial charge in [0.05, 0.1) is 6.42 Å². The maximum atomic E-state index is 12.6. The van der Waals surface area contributed by atoms with E-state index in [2.05, 4.69) is 0 Å². The molecule has 0 radical (unpaired) electrons. The Morgan fingerprint density at radius 3 is 2.30 bits per heavy atom. The molecule has 0 saturated carbocycles. The zero-order chi connectivity index (χ0) is 15.7. The molecule has 0 aromatic heterocycles. The number of hydrogen-bond donors (Lipinski definition) is 1. The molecule has 1 heterocycles. The fourth-order valence-electron chi connectivity index (χ4n) is 1.98. The largest absolute Gasteiger partial charge is 0.481 e. The highest BCUT2D eigenvalue weighted by Gasteiger charge is 2.50. The van der Waals surface area contributed by atoms with Gasteiger partial charge in [0.1, 0.15) is 5.37 Å². The molecule has 1 aliphatic rings. The molecule has 1 rings (SSSR count). The lowest BCUT2D eigenvalue weighted by atomic mass is 10.0. The van der Waals surface area contributed by atoms with Crippen molar-refractivity contribution in [1.82, 2.24) is 4.90 Å². The Kier molecular flexibility index (Phi) is 4.85. The van der Waals surface area contributed by atoms with Gasteiger partial charge < -0.3 is 10.0 Å².